The predicted octanol–water partition coefficient (Wildman–Crippen LogP) is 4.90. The lowest BCUT2D eigenvalue weighted by Gasteiger charge is -2.13. The molecule has 3 aromatic rings. The molecular weight excluding hydrogens is 424 g/mol. The van der Waals surface area contributed by atoms with Gasteiger partial charge < -0.3 is 9.47 Å². The summed E-state index contributed by atoms with van der Waals surface area (Å²) in [4.78, 5) is 2.43. The third-order valence-electron chi connectivity index (χ3n) is 4.96. The highest BCUT2D eigenvalue weighted by atomic mass is 32.2. The van der Waals surface area contributed by atoms with E-state index in [1.165, 1.54) is 11.8 Å². The fourth-order valence-electron chi connectivity index (χ4n) is 2.94. The number of ether oxygens (including phenoxy) is 2. The number of rotatable bonds is 9. The summed E-state index contributed by atoms with van der Waals surface area (Å²) in [7, 11) is -3.74. The molecular formula is C25H28N2O4S. The summed E-state index contributed by atoms with van der Waals surface area (Å²) in [6.07, 6.45) is 1.44. The first-order chi connectivity index (χ1) is 15.3. The van der Waals surface area contributed by atoms with Gasteiger partial charge in [0.15, 0.2) is 11.5 Å². The summed E-state index contributed by atoms with van der Waals surface area (Å²) in [6.45, 7) is 8.63. The van der Waals surface area contributed by atoms with Gasteiger partial charge in [-0.2, -0.15) is 13.5 Å². The van der Waals surface area contributed by atoms with Crippen LogP contribution < -0.4 is 14.3 Å². The standard InChI is InChI=1S/C25H28N2O4S/c1-5-30-25-15-22(11-13-24(25)31-17-21-9-6-18(2)7-10-21)16-26-27-32(28,29)23-12-8-19(3)20(4)14-23/h6-16,27H,5,17H2,1-4H3/b26-16+. The van der Waals surface area contributed by atoms with Gasteiger partial charge in [-0.15, -0.1) is 0 Å². The van der Waals surface area contributed by atoms with E-state index in [1.807, 2.05) is 52.0 Å². The SMILES string of the molecule is CCOc1cc(/C=N/NS(=O)(=O)c2ccc(C)c(C)c2)ccc1OCc1ccc(C)cc1. The summed E-state index contributed by atoms with van der Waals surface area (Å²) in [5, 5.41) is 3.92. The normalized spacial score (nSPS) is 11.5. The van der Waals surface area contributed by atoms with Gasteiger partial charge in [-0.1, -0.05) is 35.9 Å². The van der Waals surface area contributed by atoms with Gasteiger partial charge in [0.25, 0.3) is 10.0 Å². The van der Waals surface area contributed by atoms with Crippen molar-refractivity contribution < 1.29 is 17.9 Å². The lowest BCUT2D eigenvalue weighted by molar-refractivity contribution is 0.269. The Balaban J connectivity index is 1.70. The average molecular weight is 453 g/mol. The molecule has 0 spiro atoms. The fourth-order valence-corrected chi connectivity index (χ4v) is 3.82. The lowest BCUT2D eigenvalue weighted by Crippen LogP contribution is -2.18. The summed E-state index contributed by atoms with van der Waals surface area (Å²) in [5.41, 5.74) is 4.86. The zero-order valence-electron chi connectivity index (χ0n) is 18.8. The maximum absolute atomic E-state index is 12.5. The second-order valence-corrected chi connectivity index (χ2v) is 9.17. The molecule has 0 saturated heterocycles. The molecule has 0 heterocycles. The highest BCUT2D eigenvalue weighted by Gasteiger charge is 2.13. The van der Waals surface area contributed by atoms with Crippen LogP contribution in [-0.4, -0.2) is 21.2 Å². The second-order valence-electron chi connectivity index (χ2n) is 7.51. The maximum atomic E-state index is 12.5. The Bertz CT molecular complexity index is 1200. The highest BCUT2D eigenvalue weighted by Crippen LogP contribution is 2.29. The van der Waals surface area contributed by atoms with Crippen LogP contribution in [-0.2, 0) is 16.6 Å². The molecule has 3 rings (SSSR count). The summed E-state index contributed by atoms with van der Waals surface area (Å²) < 4.78 is 36.6. The molecule has 0 fully saturated rings. The van der Waals surface area contributed by atoms with E-state index in [4.69, 9.17) is 9.47 Å². The Labute approximate surface area is 190 Å². The number of hydrogen-bond donors (Lipinski definition) is 1. The first kappa shape index (κ1) is 23.3. The quantitative estimate of drug-likeness (QED) is 0.370. The number of nitrogens with one attached hydrogen (secondary N) is 1. The molecule has 0 atom stereocenters. The minimum Gasteiger partial charge on any atom is -0.490 e. The number of nitrogens with zero attached hydrogens (tertiary/aromatic N) is 1. The van der Waals surface area contributed by atoms with E-state index >= 15 is 0 Å². The molecule has 1 N–H and O–H groups in total. The van der Waals surface area contributed by atoms with Gasteiger partial charge in [-0.25, -0.2) is 4.83 Å². The molecule has 6 nitrogen and oxygen atoms in total. The molecule has 0 unspecified atom stereocenters. The van der Waals surface area contributed by atoms with E-state index in [0.717, 1.165) is 16.7 Å². The molecule has 0 amide bonds. The van der Waals surface area contributed by atoms with Crippen molar-refractivity contribution in [1.82, 2.24) is 4.83 Å². The maximum Gasteiger partial charge on any atom is 0.276 e. The summed E-state index contributed by atoms with van der Waals surface area (Å²) in [5.74, 6) is 1.18. The van der Waals surface area contributed by atoms with Crippen molar-refractivity contribution in [3.05, 3.63) is 88.5 Å². The van der Waals surface area contributed by atoms with Crippen LogP contribution in [0, 0.1) is 20.8 Å². The molecule has 32 heavy (non-hydrogen) atoms. The molecule has 0 radical (unpaired) electrons. The van der Waals surface area contributed by atoms with Crippen molar-refractivity contribution in [2.75, 3.05) is 6.61 Å². The van der Waals surface area contributed by atoms with Crippen LogP contribution in [0.25, 0.3) is 0 Å². The van der Waals surface area contributed by atoms with Gasteiger partial charge in [0.1, 0.15) is 6.61 Å². The largest absolute Gasteiger partial charge is 0.490 e. The number of aryl methyl sites for hydroxylation is 3. The van der Waals surface area contributed by atoms with Gasteiger partial charge in [-0.3, -0.25) is 0 Å². The van der Waals surface area contributed by atoms with Crippen LogP contribution in [0.5, 0.6) is 11.5 Å². The first-order valence-electron chi connectivity index (χ1n) is 10.4. The molecule has 0 aliphatic carbocycles. The first-order valence-corrected chi connectivity index (χ1v) is 11.8. The number of benzene rings is 3. The van der Waals surface area contributed by atoms with Crippen molar-refractivity contribution in [1.29, 1.82) is 0 Å². The van der Waals surface area contributed by atoms with Gasteiger partial charge in [0.05, 0.1) is 17.7 Å². The second kappa shape index (κ2) is 10.3. The number of hydrazone groups is 1. The van der Waals surface area contributed by atoms with E-state index < -0.39 is 10.0 Å². The monoisotopic (exact) mass is 452 g/mol. The average Bonchev–Trinajstić information content (AvgIpc) is 2.76. The molecule has 0 aliphatic heterocycles. The van der Waals surface area contributed by atoms with Gasteiger partial charge in [-0.05, 0) is 80.3 Å². The summed E-state index contributed by atoms with van der Waals surface area (Å²) >= 11 is 0. The Hall–Kier alpha value is -3.32. The van der Waals surface area contributed by atoms with Crippen LogP contribution in [0.15, 0.2) is 70.7 Å². The van der Waals surface area contributed by atoms with Crippen LogP contribution in [0.3, 0.4) is 0 Å². The van der Waals surface area contributed by atoms with E-state index in [1.54, 1.807) is 36.4 Å². The molecule has 168 valence electrons. The van der Waals surface area contributed by atoms with Crippen LogP contribution in [0.2, 0.25) is 0 Å². The van der Waals surface area contributed by atoms with Crippen LogP contribution in [0.1, 0.15) is 34.7 Å². The van der Waals surface area contributed by atoms with Crippen molar-refractivity contribution in [3.8, 4) is 11.5 Å². The van der Waals surface area contributed by atoms with E-state index in [0.29, 0.717) is 30.3 Å². The van der Waals surface area contributed by atoms with Crippen LogP contribution >= 0.6 is 0 Å². The topological polar surface area (TPSA) is 77.0 Å². The molecule has 0 saturated carbocycles. The Kier molecular flexibility index (Phi) is 7.53. The van der Waals surface area contributed by atoms with E-state index in [9.17, 15) is 8.42 Å². The van der Waals surface area contributed by atoms with Crippen molar-refractivity contribution in [2.24, 2.45) is 5.10 Å². The zero-order valence-corrected chi connectivity index (χ0v) is 19.6. The summed E-state index contributed by atoms with van der Waals surface area (Å²) in [6, 6.07) is 18.4. The fraction of sp³-hybridized carbons (Fsp3) is 0.240. The van der Waals surface area contributed by atoms with Gasteiger partial charge >= 0.3 is 0 Å². The number of hydrogen-bond acceptors (Lipinski definition) is 5. The molecule has 0 bridgehead atoms. The minimum absolute atomic E-state index is 0.174. The smallest absolute Gasteiger partial charge is 0.276 e. The van der Waals surface area contributed by atoms with Gasteiger partial charge in [0.2, 0.25) is 0 Å². The zero-order chi connectivity index (χ0) is 23.1. The highest BCUT2D eigenvalue weighted by molar-refractivity contribution is 7.89. The third kappa shape index (κ3) is 6.11. The van der Waals surface area contributed by atoms with E-state index in [-0.39, 0.29) is 4.90 Å². The van der Waals surface area contributed by atoms with Crippen molar-refractivity contribution in [3.63, 3.8) is 0 Å². The van der Waals surface area contributed by atoms with Crippen molar-refractivity contribution in [2.45, 2.75) is 39.2 Å². The Morgan fingerprint density at radius 3 is 2.31 bits per heavy atom. The minimum atomic E-state index is -3.74. The molecule has 0 aliphatic rings. The number of sulfonamides is 1. The van der Waals surface area contributed by atoms with Crippen LogP contribution in [0.4, 0.5) is 0 Å². The molecule has 7 heteroatoms. The Morgan fingerprint density at radius 1 is 0.875 bits per heavy atom. The van der Waals surface area contributed by atoms with E-state index in [2.05, 4.69) is 9.93 Å². The van der Waals surface area contributed by atoms with Crippen molar-refractivity contribution >= 4 is 16.2 Å². The third-order valence-corrected chi connectivity index (χ3v) is 6.18. The lowest BCUT2D eigenvalue weighted by atomic mass is 10.1. The molecule has 0 aromatic heterocycles. The Morgan fingerprint density at radius 2 is 1.62 bits per heavy atom. The predicted molar refractivity (Wildman–Crippen MR) is 127 cm³/mol. The molecule has 3 aromatic carbocycles. The van der Waals surface area contributed by atoms with Gasteiger partial charge in [0, 0.05) is 0 Å².